The summed E-state index contributed by atoms with van der Waals surface area (Å²) in [5.74, 6) is -0.0463. The second kappa shape index (κ2) is 13.0. The fourth-order valence-electron chi connectivity index (χ4n) is 4.93. The molecule has 17 heteroatoms. The minimum atomic E-state index is -5.10. The number of nitrogens with zero attached hydrogens (tertiary/aromatic N) is 4. The van der Waals surface area contributed by atoms with Crippen molar-refractivity contribution in [3.63, 3.8) is 0 Å². The summed E-state index contributed by atoms with van der Waals surface area (Å²) < 4.78 is 92.6. The van der Waals surface area contributed by atoms with E-state index in [9.17, 15) is 39.6 Å². The van der Waals surface area contributed by atoms with Gasteiger partial charge in [-0.1, -0.05) is 50.1 Å². The normalized spacial score (nSPS) is 14.9. The van der Waals surface area contributed by atoms with Gasteiger partial charge in [0, 0.05) is 34.3 Å². The van der Waals surface area contributed by atoms with Crippen LogP contribution >= 0.6 is 0 Å². The van der Waals surface area contributed by atoms with Crippen LogP contribution in [0.3, 0.4) is 0 Å². The van der Waals surface area contributed by atoms with Gasteiger partial charge in [-0.25, -0.2) is 13.4 Å². The third-order valence-corrected chi connectivity index (χ3v) is 10.2. The molecule has 0 amide bonds. The van der Waals surface area contributed by atoms with E-state index in [-0.39, 0.29) is 57.6 Å². The second-order valence-corrected chi connectivity index (χ2v) is 15.0. The van der Waals surface area contributed by atoms with Gasteiger partial charge in [0.1, 0.15) is 33.1 Å². The Morgan fingerprint density at radius 3 is 2.18 bits per heavy atom. The summed E-state index contributed by atoms with van der Waals surface area (Å²) in [6, 6.07) is 8.29. The topological polar surface area (TPSA) is 228 Å². The molecule has 4 rings (SSSR count). The van der Waals surface area contributed by atoms with Gasteiger partial charge in [-0.05, 0) is 25.8 Å². The number of anilines is 2. The number of nitriles is 1. The standard InChI is InChI=1S/C27H30N6O8S3/c1-3-42(34,35)14-13-29-27-24(17(2)21(16-28)26(31-27)30-18-9-5-4-6-10-18)32-33-25-20-12-8-7-11-19(20)22(43(36,37)38)15-23(25)44(39,40)41/h3,7-8,11-12,15,18H,1,4-6,9-10,13-14H2,2H3,(H2,29,30,31)(H,36,37,38)(H,39,40,41)/b33-32+. The van der Waals surface area contributed by atoms with E-state index in [4.69, 9.17) is 0 Å². The van der Waals surface area contributed by atoms with Gasteiger partial charge in [-0.2, -0.15) is 22.1 Å². The number of pyridine rings is 1. The Morgan fingerprint density at radius 1 is 0.977 bits per heavy atom. The van der Waals surface area contributed by atoms with Gasteiger partial charge in [0.05, 0.1) is 11.3 Å². The SMILES string of the molecule is C=CS(=O)(=O)CCNc1nc(NC2CCCCC2)c(C#N)c(C)c1/N=N/c1c(S(=O)(=O)O)cc(S(=O)(=O)O)c2ccccc12. The minimum absolute atomic E-state index is 0.0315. The predicted molar refractivity (Wildman–Crippen MR) is 164 cm³/mol. The lowest BCUT2D eigenvalue weighted by atomic mass is 9.95. The molecule has 44 heavy (non-hydrogen) atoms. The summed E-state index contributed by atoms with van der Waals surface area (Å²) in [5, 5.41) is 25.2. The van der Waals surface area contributed by atoms with Gasteiger partial charge in [0.25, 0.3) is 20.2 Å². The van der Waals surface area contributed by atoms with E-state index in [0.29, 0.717) is 6.07 Å². The zero-order chi connectivity index (χ0) is 32.3. The highest BCUT2D eigenvalue weighted by molar-refractivity contribution is 7.94. The highest BCUT2D eigenvalue weighted by Gasteiger charge is 2.26. The molecule has 4 N–H and O–H groups in total. The molecule has 1 heterocycles. The highest BCUT2D eigenvalue weighted by Crippen LogP contribution is 2.40. The van der Waals surface area contributed by atoms with Crippen LogP contribution in [0, 0.1) is 18.3 Å². The van der Waals surface area contributed by atoms with Crippen LogP contribution < -0.4 is 10.6 Å². The van der Waals surface area contributed by atoms with E-state index >= 15 is 0 Å². The molecule has 1 aliphatic carbocycles. The highest BCUT2D eigenvalue weighted by atomic mass is 32.2. The number of nitrogens with one attached hydrogen (secondary N) is 2. The Kier molecular flexibility index (Phi) is 9.71. The number of hydrogen-bond acceptors (Lipinski definition) is 12. The van der Waals surface area contributed by atoms with Crippen LogP contribution in [0.2, 0.25) is 0 Å². The molecule has 0 unspecified atom stereocenters. The number of aromatic nitrogens is 1. The smallest absolute Gasteiger partial charge is 0.296 e. The number of azo groups is 1. The molecule has 234 valence electrons. The Labute approximate surface area is 255 Å². The number of sulfone groups is 1. The van der Waals surface area contributed by atoms with Crippen LogP contribution in [-0.4, -0.2) is 57.7 Å². The monoisotopic (exact) mass is 662 g/mol. The quantitative estimate of drug-likeness (QED) is 0.156. The minimum Gasteiger partial charge on any atom is -0.367 e. The number of hydrogen-bond donors (Lipinski definition) is 4. The van der Waals surface area contributed by atoms with Gasteiger partial charge in [0.2, 0.25) is 0 Å². The van der Waals surface area contributed by atoms with E-state index in [2.05, 4.69) is 38.5 Å². The molecule has 1 fully saturated rings. The maximum Gasteiger partial charge on any atom is 0.296 e. The van der Waals surface area contributed by atoms with Crippen LogP contribution in [0.25, 0.3) is 10.8 Å². The first kappa shape index (κ1) is 33.0. The molecule has 0 radical (unpaired) electrons. The van der Waals surface area contributed by atoms with Crippen molar-refractivity contribution in [3.8, 4) is 6.07 Å². The molecule has 3 aromatic rings. The molecule has 1 aromatic heterocycles. The van der Waals surface area contributed by atoms with E-state index < -0.39 is 45.6 Å². The van der Waals surface area contributed by atoms with Crippen LogP contribution in [0.15, 0.2) is 62.3 Å². The molecule has 2 aromatic carbocycles. The molecule has 0 atom stereocenters. The van der Waals surface area contributed by atoms with Crippen molar-refractivity contribution in [2.75, 3.05) is 22.9 Å². The van der Waals surface area contributed by atoms with Crippen LogP contribution in [0.1, 0.15) is 43.2 Å². The van der Waals surface area contributed by atoms with Crippen LogP contribution in [0.5, 0.6) is 0 Å². The van der Waals surface area contributed by atoms with Gasteiger partial charge in [0.15, 0.2) is 15.7 Å². The Balaban J connectivity index is 1.92. The van der Waals surface area contributed by atoms with Crippen LogP contribution in [-0.2, 0) is 30.1 Å². The number of rotatable bonds is 11. The van der Waals surface area contributed by atoms with Crippen molar-refractivity contribution in [2.24, 2.45) is 10.2 Å². The molecule has 0 bridgehead atoms. The van der Waals surface area contributed by atoms with Gasteiger partial charge in [-0.15, -0.1) is 10.2 Å². The first-order valence-corrected chi connectivity index (χ1v) is 18.0. The zero-order valence-corrected chi connectivity index (χ0v) is 26.0. The summed E-state index contributed by atoms with van der Waals surface area (Å²) >= 11 is 0. The first-order chi connectivity index (χ1) is 20.7. The molecule has 0 spiro atoms. The maximum absolute atomic E-state index is 12.4. The average molecular weight is 663 g/mol. The number of fused-ring (bicyclic) bond motifs is 1. The van der Waals surface area contributed by atoms with Crippen LogP contribution in [0.4, 0.5) is 23.0 Å². The summed E-state index contributed by atoms with van der Waals surface area (Å²) in [5.41, 5.74) is -0.0600. The van der Waals surface area contributed by atoms with E-state index in [0.717, 1.165) is 37.5 Å². The lowest BCUT2D eigenvalue weighted by Crippen LogP contribution is -2.24. The second-order valence-electron chi connectivity index (χ2n) is 10.1. The zero-order valence-electron chi connectivity index (χ0n) is 23.6. The molecular formula is C27H30N6O8S3. The summed E-state index contributed by atoms with van der Waals surface area (Å²) in [4.78, 5) is 2.82. The summed E-state index contributed by atoms with van der Waals surface area (Å²) in [7, 11) is -13.6. The predicted octanol–water partition coefficient (Wildman–Crippen LogP) is 5.04. The van der Waals surface area contributed by atoms with Gasteiger partial charge in [-0.3, -0.25) is 9.11 Å². The van der Waals surface area contributed by atoms with Crippen molar-refractivity contribution >= 4 is 63.9 Å². The Hall–Kier alpha value is -3.95. The fraction of sp³-hybridized carbons (Fsp3) is 0.333. The summed E-state index contributed by atoms with van der Waals surface area (Å²) in [6.07, 6.45) is 4.87. The van der Waals surface area contributed by atoms with E-state index in [1.807, 2.05) is 0 Å². The third kappa shape index (κ3) is 7.39. The van der Waals surface area contributed by atoms with Gasteiger partial charge < -0.3 is 10.6 Å². The molecule has 0 saturated heterocycles. The lowest BCUT2D eigenvalue weighted by Gasteiger charge is -2.25. The average Bonchev–Trinajstić information content (AvgIpc) is 2.96. The summed E-state index contributed by atoms with van der Waals surface area (Å²) in [6.45, 7) is 4.74. The molecular weight excluding hydrogens is 633 g/mol. The molecule has 1 saturated carbocycles. The van der Waals surface area contributed by atoms with E-state index in [1.165, 1.54) is 24.3 Å². The number of benzene rings is 2. The Morgan fingerprint density at radius 2 is 1.59 bits per heavy atom. The molecule has 1 aliphatic rings. The largest absolute Gasteiger partial charge is 0.367 e. The fourth-order valence-corrected chi connectivity index (χ4v) is 6.94. The van der Waals surface area contributed by atoms with Crippen molar-refractivity contribution in [3.05, 3.63) is 53.4 Å². The third-order valence-electron chi connectivity index (χ3n) is 7.15. The van der Waals surface area contributed by atoms with E-state index in [1.54, 1.807) is 6.92 Å². The molecule has 0 aliphatic heterocycles. The lowest BCUT2D eigenvalue weighted by molar-refractivity contribution is 0.462. The van der Waals surface area contributed by atoms with Crippen molar-refractivity contribution in [1.82, 2.24) is 4.98 Å². The molecule has 14 nitrogen and oxygen atoms in total. The van der Waals surface area contributed by atoms with Crippen molar-refractivity contribution in [2.45, 2.75) is 54.9 Å². The Bertz CT molecular complexity index is 2020. The van der Waals surface area contributed by atoms with Crippen molar-refractivity contribution in [1.29, 1.82) is 5.26 Å². The first-order valence-electron chi connectivity index (χ1n) is 13.4. The van der Waals surface area contributed by atoms with Gasteiger partial charge >= 0.3 is 0 Å². The maximum atomic E-state index is 12.4. The van der Waals surface area contributed by atoms with Crippen molar-refractivity contribution < 1.29 is 34.4 Å².